The molecule has 194 valence electrons. The first-order valence-electron chi connectivity index (χ1n) is 12.2. The minimum absolute atomic E-state index is 0.221. The van der Waals surface area contributed by atoms with Crippen molar-refractivity contribution in [3.63, 3.8) is 0 Å². The lowest BCUT2D eigenvalue weighted by atomic mass is 9.79. The molecular weight excluding hydrogens is 432 g/mol. The first-order valence-corrected chi connectivity index (χ1v) is 12.2. The summed E-state index contributed by atoms with van der Waals surface area (Å²) in [4.78, 5) is 26.7. The Bertz CT molecular complexity index is 717. The zero-order valence-corrected chi connectivity index (χ0v) is 22.1. The highest BCUT2D eigenvalue weighted by atomic mass is 16.5. The second kappa shape index (κ2) is 13.2. The molecule has 0 spiro atoms. The van der Waals surface area contributed by atoms with E-state index in [9.17, 15) is 19.8 Å². The molecule has 0 radical (unpaired) electrons. The van der Waals surface area contributed by atoms with Gasteiger partial charge in [0.25, 0.3) is 0 Å². The summed E-state index contributed by atoms with van der Waals surface area (Å²) in [5, 5.41) is 25.4. The Hall–Kier alpha value is -1.96. The second-order valence-electron chi connectivity index (χ2n) is 11.5. The van der Waals surface area contributed by atoms with Gasteiger partial charge in [-0.2, -0.15) is 0 Å². The van der Waals surface area contributed by atoms with Gasteiger partial charge in [0, 0.05) is 6.61 Å². The number of hydrogen-bond acceptors (Lipinski definition) is 5. The average Bonchev–Trinajstić information content (AvgIpc) is 2.76. The summed E-state index contributed by atoms with van der Waals surface area (Å²) >= 11 is 0. The van der Waals surface area contributed by atoms with Crippen molar-refractivity contribution in [3.8, 4) is 0 Å². The third kappa shape index (κ3) is 9.35. The van der Waals surface area contributed by atoms with Crippen LogP contribution in [0.2, 0.25) is 0 Å². The molecule has 7 nitrogen and oxygen atoms in total. The third-order valence-electron chi connectivity index (χ3n) is 6.40. The molecule has 1 aromatic carbocycles. The Labute approximate surface area is 205 Å². The van der Waals surface area contributed by atoms with Crippen LogP contribution in [0.4, 0.5) is 0 Å². The number of rotatable bonds is 13. The predicted molar refractivity (Wildman–Crippen MR) is 135 cm³/mol. The highest BCUT2D eigenvalue weighted by Crippen LogP contribution is 2.29. The van der Waals surface area contributed by atoms with Gasteiger partial charge in [-0.15, -0.1) is 0 Å². The smallest absolute Gasteiger partial charge is 0.235 e. The van der Waals surface area contributed by atoms with Crippen LogP contribution < -0.4 is 10.6 Å². The number of aliphatic hydroxyl groups excluding tert-OH is 2. The number of ether oxygens (including phenoxy) is 1. The molecule has 2 amide bonds. The molecule has 7 heteroatoms. The topological polar surface area (TPSA) is 108 Å². The normalized spacial score (nSPS) is 14.4. The van der Waals surface area contributed by atoms with Crippen LogP contribution in [0.5, 0.6) is 0 Å². The minimum Gasteiger partial charge on any atom is -0.394 e. The molecule has 0 aromatic heterocycles. The maximum Gasteiger partial charge on any atom is 0.235 e. The molecule has 4 N–H and O–H groups in total. The number of hydrogen-bond donors (Lipinski definition) is 4. The van der Waals surface area contributed by atoms with Crippen molar-refractivity contribution in [2.75, 3.05) is 19.8 Å². The van der Waals surface area contributed by atoms with Gasteiger partial charge >= 0.3 is 0 Å². The van der Waals surface area contributed by atoms with Crippen molar-refractivity contribution in [2.24, 2.45) is 16.2 Å². The lowest BCUT2D eigenvalue weighted by Crippen LogP contribution is -2.58. The van der Waals surface area contributed by atoms with Gasteiger partial charge in [0.05, 0.1) is 31.9 Å². The molecular formula is C27H46N2O5. The zero-order valence-electron chi connectivity index (χ0n) is 22.1. The third-order valence-corrected chi connectivity index (χ3v) is 6.40. The fraction of sp³-hybridized carbons (Fsp3) is 0.704. The van der Waals surface area contributed by atoms with Gasteiger partial charge in [0.1, 0.15) is 5.41 Å². The maximum atomic E-state index is 13.4. The summed E-state index contributed by atoms with van der Waals surface area (Å²) in [6, 6.07) is 8.93. The summed E-state index contributed by atoms with van der Waals surface area (Å²) in [7, 11) is 0. The molecule has 34 heavy (non-hydrogen) atoms. The number of nitrogens with one attached hydrogen (secondary N) is 2. The van der Waals surface area contributed by atoms with Crippen molar-refractivity contribution in [3.05, 3.63) is 35.9 Å². The number of unbranched alkanes of at least 4 members (excludes halogenated alkanes) is 1. The second-order valence-corrected chi connectivity index (χ2v) is 11.5. The molecule has 0 saturated carbocycles. The maximum absolute atomic E-state index is 13.4. The van der Waals surface area contributed by atoms with E-state index in [1.165, 1.54) is 0 Å². The van der Waals surface area contributed by atoms with Crippen LogP contribution in [0.25, 0.3) is 0 Å². The quantitative estimate of drug-likeness (QED) is 0.257. The van der Waals surface area contributed by atoms with Crippen LogP contribution in [0, 0.1) is 16.2 Å². The predicted octanol–water partition coefficient (Wildman–Crippen LogP) is 3.43. The largest absolute Gasteiger partial charge is 0.394 e. The van der Waals surface area contributed by atoms with E-state index in [4.69, 9.17) is 4.74 Å². The Balaban J connectivity index is 2.86. The van der Waals surface area contributed by atoms with Gasteiger partial charge in [-0.1, -0.05) is 71.9 Å². The molecule has 2 atom stereocenters. The zero-order chi connectivity index (χ0) is 26.0. The number of carbonyl (C=O) groups is 2. The molecule has 0 heterocycles. The summed E-state index contributed by atoms with van der Waals surface area (Å²) in [6.45, 7) is 13.8. The van der Waals surface area contributed by atoms with E-state index in [0.29, 0.717) is 32.5 Å². The van der Waals surface area contributed by atoms with Gasteiger partial charge in [-0.25, -0.2) is 0 Å². The highest BCUT2D eigenvalue weighted by Gasteiger charge is 2.44. The first-order chi connectivity index (χ1) is 15.8. The van der Waals surface area contributed by atoms with Crippen LogP contribution in [0.15, 0.2) is 30.3 Å². The van der Waals surface area contributed by atoms with E-state index in [0.717, 1.165) is 5.56 Å². The van der Waals surface area contributed by atoms with Crippen LogP contribution in [0.3, 0.4) is 0 Å². The molecule has 0 fully saturated rings. The number of aliphatic hydroxyl groups is 2. The average molecular weight is 479 g/mol. The molecule has 0 unspecified atom stereocenters. The summed E-state index contributed by atoms with van der Waals surface area (Å²) in [6.07, 6.45) is 1.64. The fourth-order valence-electron chi connectivity index (χ4n) is 3.48. The molecule has 1 aromatic rings. The Morgan fingerprint density at radius 2 is 1.29 bits per heavy atom. The van der Waals surface area contributed by atoms with Gasteiger partial charge in [0.2, 0.25) is 11.8 Å². The van der Waals surface area contributed by atoms with E-state index in [1.807, 2.05) is 71.9 Å². The Morgan fingerprint density at radius 1 is 0.824 bits per heavy atom. The van der Waals surface area contributed by atoms with Gasteiger partial charge in [-0.05, 0) is 42.6 Å². The van der Waals surface area contributed by atoms with Crippen LogP contribution in [-0.4, -0.2) is 53.9 Å². The van der Waals surface area contributed by atoms with Crippen molar-refractivity contribution in [1.82, 2.24) is 10.6 Å². The van der Waals surface area contributed by atoms with E-state index in [2.05, 4.69) is 10.6 Å². The SMILES string of the molecule is CC(CCCCOCc1ccccc1)(C(=O)N[C@H](CO)C(C)(C)C)C(=O)N[C@H](CO)C(C)(C)C. The Morgan fingerprint density at radius 3 is 1.71 bits per heavy atom. The number of carbonyl (C=O) groups excluding carboxylic acids is 2. The minimum atomic E-state index is -1.35. The number of benzene rings is 1. The monoisotopic (exact) mass is 478 g/mol. The van der Waals surface area contributed by atoms with Crippen molar-refractivity contribution >= 4 is 11.8 Å². The fourth-order valence-corrected chi connectivity index (χ4v) is 3.48. The van der Waals surface area contributed by atoms with E-state index < -0.39 is 29.3 Å². The molecule has 0 aliphatic rings. The van der Waals surface area contributed by atoms with Gasteiger partial charge in [-0.3, -0.25) is 9.59 Å². The van der Waals surface area contributed by atoms with E-state index >= 15 is 0 Å². The van der Waals surface area contributed by atoms with Gasteiger partial charge in [0.15, 0.2) is 0 Å². The van der Waals surface area contributed by atoms with Crippen molar-refractivity contribution in [2.45, 2.75) is 86.4 Å². The lowest BCUT2D eigenvalue weighted by molar-refractivity contribution is -0.145. The van der Waals surface area contributed by atoms with Gasteiger partial charge < -0.3 is 25.6 Å². The lowest BCUT2D eigenvalue weighted by Gasteiger charge is -2.37. The van der Waals surface area contributed by atoms with E-state index in [1.54, 1.807) is 6.92 Å². The van der Waals surface area contributed by atoms with Crippen molar-refractivity contribution < 1.29 is 24.5 Å². The Kier molecular flexibility index (Phi) is 11.7. The van der Waals surface area contributed by atoms with Crippen LogP contribution in [0.1, 0.15) is 73.3 Å². The number of amides is 2. The standard InChI is InChI=1S/C27H46N2O5/c1-25(2,3)21(17-30)28-23(32)27(7,24(33)29-22(18-31)26(4,5)6)15-11-12-16-34-19-20-13-9-8-10-14-20/h8-10,13-14,21-22,30-31H,11-12,15-19H2,1-7H3,(H,28,32)(H,29,33)/t21-,22-/m1/s1. The van der Waals surface area contributed by atoms with E-state index in [-0.39, 0.29) is 24.0 Å². The van der Waals surface area contributed by atoms with Crippen LogP contribution >= 0.6 is 0 Å². The molecule has 0 saturated heterocycles. The summed E-state index contributed by atoms with van der Waals surface area (Å²) < 4.78 is 5.74. The summed E-state index contributed by atoms with van der Waals surface area (Å²) in [5.41, 5.74) is -0.991. The highest BCUT2D eigenvalue weighted by molar-refractivity contribution is 6.04. The molecule has 0 aliphatic heterocycles. The first kappa shape index (κ1) is 30.1. The molecule has 1 rings (SSSR count). The summed E-state index contributed by atoms with van der Waals surface area (Å²) in [5.74, 6) is -0.843. The van der Waals surface area contributed by atoms with Crippen LogP contribution in [-0.2, 0) is 20.9 Å². The molecule has 0 aliphatic carbocycles. The van der Waals surface area contributed by atoms with Crippen molar-refractivity contribution in [1.29, 1.82) is 0 Å². The molecule has 0 bridgehead atoms.